The molecule has 0 atom stereocenters. The van der Waals surface area contributed by atoms with Crippen LogP contribution in [0.5, 0.6) is 0 Å². The summed E-state index contributed by atoms with van der Waals surface area (Å²) in [5, 5.41) is 8.80. The molecule has 3 rings (SSSR count). The maximum atomic E-state index is 12.1. The zero-order valence-corrected chi connectivity index (χ0v) is 13.2. The minimum Gasteiger partial charge on any atom is -0.374 e. The van der Waals surface area contributed by atoms with Crippen LogP contribution in [0.25, 0.3) is 10.2 Å². The predicted octanol–water partition coefficient (Wildman–Crippen LogP) is 2.33. The first-order valence-electron chi connectivity index (χ1n) is 5.75. The van der Waals surface area contributed by atoms with Crippen LogP contribution in [-0.2, 0) is 5.75 Å². The molecular formula is C11H11N5OS3. The molecule has 0 saturated carbocycles. The van der Waals surface area contributed by atoms with Gasteiger partial charge in [-0.25, -0.2) is 4.98 Å². The Balaban J connectivity index is 1.91. The number of hydrogen-bond acceptors (Lipinski definition) is 8. The highest BCUT2D eigenvalue weighted by atomic mass is 32.2. The van der Waals surface area contributed by atoms with Crippen molar-refractivity contribution >= 4 is 49.8 Å². The van der Waals surface area contributed by atoms with Crippen LogP contribution in [0.3, 0.4) is 0 Å². The monoisotopic (exact) mass is 325 g/mol. The lowest BCUT2D eigenvalue weighted by molar-refractivity contribution is 1.01. The Bertz CT molecular complexity index is 834. The number of anilines is 1. The van der Waals surface area contributed by atoms with E-state index in [0.29, 0.717) is 22.1 Å². The van der Waals surface area contributed by atoms with Crippen LogP contribution in [0.15, 0.2) is 9.13 Å². The van der Waals surface area contributed by atoms with Crippen LogP contribution in [0, 0.1) is 13.8 Å². The molecule has 20 heavy (non-hydrogen) atoms. The molecule has 6 nitrogen and oxygen atoms in total. The van der Waals surface area contributed by atoms with E-state index in [-0.39, 0.29) is 5.56 Å². The zero-order chi connectivity index (χ0) is 14.3. The summed E-state index contributed by atoms with van der Waals surface area (Å²) in [5.74, 6) is 1.18. The number of fused-ring (bicyclic) bond motifs is 1. The van der Waals surface area contributed by atoms with Crippen molar-refractivity contribution in [2.24, 2.45) is 0 Å². The summed E-state index contributed by atoms with van der Waals surface area (Å²) in [4.78, 5) is 21.4. The quantitative estimate of drug-likeness (QED) is 0.717. The summed E-state index contributed by atoms with van der Waals surface area (Å²) in [5.41, 5.74) is 6.45. The summed E-state index contributed by atoms with van der Waals surface area (Å²) in [7, 11) is 0. The number of nitrogens with zero attached hydrogens (tertiary/aromatic N) is 3. The second-order valence-corrected chi connectivity index (χ2v) is 7.61. The van der Waals surface area contributed by atoms with Crippen LogP contribution < -0.4 is 11.3 Å². The molecule has 0 aromatic carbocycles. The number of aryl methyl sites for hydroxylation is 2. The fraction of sp³-hybridized carbons (Fsp3) is 0.273. The van der Waals surface area contributed by atoms with Gasteiger partial charge in [0.1, 0.15) is 10.7 Å². The number of thiophene rings is 1. The van der Waals surface area contributed by atoms with Gasteiger partial charge in [0.2, 0.25) is 5.13 Å². The van der Waals surface area contributed by atoms with E-state index in [1.165, 1.54) is 23.1 Å². The first-order chi connectivity index (χ1) is 9.54. The zero-order valence-electron chi connectivity index (χ0n) is 10.8. The highest BCUT2D eigenvalue weighted by molar-refractivity contribution is 8.00. The lowest BCUT2D eigenvalue weighted by atomic mass is 10.2. The fourth-order valence-corrected chi connectivity index (χ4v) is 4.33. The van der Waals surface area contributed by atoms with E-state index in [4.69, 9.17) is 5.73 Å². The lowest BCUT2D eigenvalue weighted by Gasteiger charge is -1.98. The van der Waals surface area contributed by atoms with Gasteiger partial charge in [0.05, 0.1) is 11.1 Å². The maximum absolute atomic E-state index is 12.1. The standard InChI is InChI=1S/C11H11N5OS3/c1-4-5(2)19-9-7(4)8(17)13-6(14-9)3-18-11-16-15-10(12)20-11/h3H2,1-2H3,(H2,12,15)(H,13,14,17). The molecule has 3 heterocycles. The van der Waals surface area contributed by atoms with Gasteiger partial charge in [-0.2, -0.15) is 0 Å². The summed E-state index contributed by atoms with van der Waals surface area (Å²) >= 11 is 4.33. The highest BCUT2D eigenvalue weighted by Crippen LogP contribution is 2.28. The Morgan fingerprint density at radius 3 is 2.80 bits per heavy atom. The number of nitrogens with two attached hydrogens (primary N) is 1. The van der Waals surface area contributed by atoms with E-state index in [1.54, 1.807) is 11.3 Å². The number of thioether (sulfide) groups is 1. The van der Waals surface area contributed by atoms with Gasteiger partial charge >= 0.3 is 0 Å². The Labute approximate surface area is 126 Å². The van der Waals surface area contributed by atoms with Crippen molar-refractivity contribution < 1.29 is 0 Å². The molecule has 104 valence electrons. The fourth-order valence-electron chi connectivity index (χ4n) is 1.78. The smallest absolute Gasteiger partial charge is 0.259 e. The molecule has 3 N–H and O–H groups in total. The van der Waals surface area contributed by atoms with Crippen LogP contribution in [-0.4, -0.2) is 20.2 Å². The van der Waals surface area contributed by atoms with Crippen molar-refractivity contribution in [3.05, 3.63) is 26.6 Å². The van der Waals surface area contributed by atoms with Gasteiger partial charge in [0.25, 0.3) is 5.56 Å². The number of hydrogen-bond donors (Lipinski definition) is 2. The van der Waals surface area contributed by atoms with E-state index in [0.717, 1.165) is 19.6 Å². The molecule has 3 aromatic rings. The average molecular weight is 325 g/mol. The maximum Gasteiger partial charge on any atom is 0.259 e. The van der Waals surface area contributed by atoms with Gasteiger partial charge in [-0.05, 0) is 19.4 Å². The van der Waals surface area contributed by atoms with Gasteiger partial charge in [0.15, 0.2) is 4.34 Å². The third-order valence-corrected chi connectivity index (χ3v) is 5.84. The van der Waals surface area contributed by atoms with E-state index < -0.39 is 0 Å². The first kappa shape index (κ1) is 13.5. The number of H-pyrrole nitrogens is 1. The number of aromatic nitrogens is 4. The number of aromatic amines is 1. The van der Waals surface area contributed by atoms with E-state index in [9.17, 15) is 4.79 Å². The molecular weight excluding hydrogens is 314 g/mol. The molecule has 0 aliphatic carbocycles. The van der Waals surface area contributed by atoms with Gasteiger partial charge in [-0.3, -0.25) is 4.79 Å². The minimum atomic E-state index is -0.0794. The third-order valence-electron chi connectivity index (χ3n) is 2.84. The van der Waals surface area contributed by atoms with Crippen molar-refractivity contribution in [2.75, 3.05) is 5.73 Å². The van der Waals surface area contributed by atoms with Gasteiger partial charge in [-0.1, -0.05) is 23.1 Å². The number of nitrogens with one attached hydrogen (secondary N) is 1. The van der Waals surface area contributed by atoms with Crippen molar-refractivity contribution in [3.63, 3.8) is 0 Å². The van der Waals surface area contributed by atoms with Crippen LogP contribution in [0.1, 0.15) is 16.3 Å². The second-order valence-electron chi connectivity index (χ2n) is 4.17. The van der Waals surface area contributed by atoms with Gasteiger partial charge < -0.3 is 10.7 Å². The van der Waals surface area contributed by atoms with E-state index in [1.807, 2.05) is 13.8 Å². The summed E-state index contributed by atoms with van der Waals surface area (Å²) < 4.78 is 0.767. The Kier molecular flexibility index (Phi) is 3.48. The average Bonchev–Trinajstić information content (AvgIpc) is 2.92. The van der Waals surface area contributed by atoms with Crippen molar-refractivity contribution in [1.29, 1.82) is 0 Å². The van der Waals surface area contributed by atoms with E-state index in [2.05, 4.69) is 20.2 Å². The summed E-state index contributed by atoms with van der Waals surface area (Å²) in [6.07, 6.45) is 0. The Hall–Kier alpha value is -1.45. The molecule has 0 unspecified atom stereocenters. The van der Waals surface area contributed by atoms with Gasteiger partial charge in [-0.15, -0.1) is 21.5 Å². The van der Waals surface area contributed by atoms with Gasteiger partial charge in [0, 0.05) is 4.88 Å². The molecule has 0 amide bonds. The second kappa shape index (κ2) is 5.15. The molecule has 0 radical (unpaired) electrons. The largest absolute Gasteiger partial charge is 0.374 e. The topological polar surface area (TPSA) is 97.5 Å². The van der Waals surface area contributed by atoms with Crippen LogP contribution >= 0.6 is 34.4 Å². The molecule has 0 saturated heterocycles. The minimum absolute atomic E-state index is 0.0794. The first-order valence-corrected chi connectivity index (χ1v) is 8.37. The molecule has 3 aromatic heterocycles. The molecule has 0 bridgehead atoms. The summed E-state index contributed by atoms with van der Waals surface area (Å²) in [6, 6.07) is 0. The van der Waals surface area contributed by atoms with Crippen LogP contribution in [0.4, 0.5) is 5.13 Å². The molecule has 9 heteroatoms. The molecule has 0 spiro atoms. The third kappa shape index (κ3) is 2.43. The van der Waals surface area contributed by atoms with Crippen molar-refractivity contribution in [3.8, 4) is 0 Å². The number of nitrogen functional groups attached to an aromatic ring is 1. The Morgan fingerprint density at radius 1 is 1.30 bits per heavy atom. The van der Waals surface area contributed by atoms with Crippen molar-refractivity contribution in [2.45, 2.75) is 23.9 Å². The molecule has 0 aliphatic heterocycles. The molecule has 0 fully saturated rings. The summed E-state index contributed by atoms with van der Waals surface area (Å²) in [6.45, 7) is 3.95. The highest BCUT2D eigenvalue weighted by Gasteiger charge is 2.12. The molecule has 0 aliphatic rings. The van der Waals surface area contributed by atoms with Crippen LogP contribution in [0.2, 0.25) is 0 Å². The lowest BCUT2D eigenvalue weighted by Crippen LogP contribution is -2.10. The predicted molar refractivity (Wildman–Crippen MR) is 83.6 cm³/mol. The normalized spacial score (nSPS) is 11.3. The van der Waals surface area contributed by atoms with Crippen molar-refractivity contribution in [1.82, 2.24) is 20.2 Å². The van der Waals surface area contributed by atoms with E-state index >= 15 is 0 Å². The number of rotatable bonds is 3. The Morgan fingerprint density at radius 2 is 2.10 bits per heavy atom. The SMILES string of the molecule is Cc1sc2nc(CSc3nnc(N)s3)[nH]c(=O)c2c1C.